The number of rotatable bonds is 5. The molecule has 0 spiro atoms. The molecule has 11 rings (SSSR count). The van der Waals surface area contributed by atoms with Gasteiger partial charge >= 0.3 is 0 Å². The van der Waals surface area contributed by atoms with Gasteiger partial charge in [-0.15, -0.1) is 0 Å². The Morgan fingerprint density at radius 3 is 1.47 bits per heavy atom. The minimum absolute atomic E-state index is 0.121. The molecule has 0 amide bonds. The Morgan fingerprint density at radius 2 is 0.847 bits per heavy atom. The maximum absolute atomic E-state index is 5.14. The second-order valence-corrected chi connectivity index (χ2v) is 17.6. The molecular formula is C55H44N4. The van der Waals surface area contributed by atoms with E-state index in [0.29, 0.717) is 17.5 Å². The summed E-state index contributed by atoms with van der Waals surface area (Å²) in [6.07, 6.45) is 2.38. The lowest BCUT2D eigenvalue weighted by Gasteiger charge is -2.42. The third kappa shape index (κ3) is 6.01. The first-order valence-corrected chi connectivity index (χ1v) is 20.7. The molecule has 8 aromatic carbocycles. The van der Waals surface area contributed by atoms with Gasteiger partial charge < -0.3 is 4.57 Å². The average molecular weight is 761 g/mol. The lowest BCUT2D eigenvalue weighted by atomic mass is 9.63. The van der Waals surface area contributed by atoms with Crippen LogP contribution in [0.4, 0.5) is 0 Å². The Morgan fingerprint density at radius 1 is 0.373 bits per heavy atom. The molecule has 1 aliphatic rings. The maximum Gasteiger partial charge on any atom is 0.164 e. The average Bonchev–Trinajstić information content (AvgIpc) is 3.61. The summed E-state index contributed by atoms with van der Waals surface area (Å²) < 4.78 is 2.46. The van der Waals surface area contributed by atoms with Crippen molar-refractivity contribution in [1.29, 1.82) is 0 Å². The molecular weight excluding hydrogens is 717 g/mol. The van der Waals surface area contributed by atoms with Crippen molar-refractivity contribution in [3.8, 4) is 51.0 Å². The zero-order valence-corrected chi connectivity index (χ0v) is 33.9. The minimum Gasteiger partial charge on any atom is -0.309 e. The quantitative estimate of drug-likeness (QED) is 0.175. The molecule has 2 aromatic heterocycles. The molecule has 10 aromatic rings. The van der Waals surface area contributed by atoms with Gasteiger partial charge in [0.2, 0.25) is 0 Å². The summed E-state index contributed by atoms with van der Waals surface area (Å²) >= 11 is 0. The van der Waals surface area contributed by atoms with Gasteiger partial charge in [-0.3, -0.25) is 0 Å². The van der Waals surface area contributed by atoms with Gasteiger partial charge in [0.25, 0.3) is 0 Å². The molecule has 0 saturated carbocycles. The number of hydrogen-bond acceptors (Lipinski definition) is 3. The normalized spacial score (nSPS) is 14.6. The van der Waals surface area contributed by atoms with Crippen molar-refractivity contribution in [2.45, 2.75) is 51.4 Å². The smallest absolute Gasteiger partial charge is 0.164 e. The second-order valence-electron chi connectivity index (χ2n) is 17.6. The van der Waals surface area contributed by atoms with Crippen LogP contribution >= 0.6 is 0 Å². The third-order valence-corrected chi connectivity index (χ3v) is 12.9. The zero-order chi connectivity index (χ0) is 39.9. The number of para-hydroxylation sites is 1. The van der Waals surface area contributed by atoms with Crippen molar-refractivity contribution in [3.05, 3.63) is 181 Å². The van der Waals surface area contributed by atoms with Crippen molar-refractivity contribution in [2.24, 2.45) is 0 Å². The summed E-state index contributed by atoms with van der Waals surface area (Å²) in [5.41, 5.74) is 12.2. The molecule has 0 unspecified atom stereocenters. The fraction of sp³-hybridized carbons (Fsp3) is 0.145. The summed E-state index contributed by atoms with van der Waals surface area (Å²) in [5.74, 6) is 1.95. The number of benzene rings is 8. The lowest BCUT2D eigenvalue weighted by molar-refractivity contribution is 0.332. The topological polar surface area (TPSA) is 43.6 Å². The molecule has 0 N–H and O–H groups in total. The van der Waals surface area contributed by atoms with E-state index in [9.17, 15) is 0 Å². The Balaban J connectivity index is 1.01. The summed E-state index contributed by atoms with van der Waals surface area (Å²) in [7, 11) is 0. The van der Waals surface area contributed by atoms with E-state index in [0.717, 1.165) is 33.2 Å². The number of fused-ring (bicyclic) bond motifs is 6. The lowest BCUT2D eigenvalue weighted by Crippen LogP contribution is -2.33. The van der Waals surface area contributed by atoms with Crippen molar-refractivity contribution >= 4 is 43.4 Å². The summed E-state index contributed by atoms with van der Waals surface area (Å²) in [5, 5.41) is 7.23. The minimum atomic E-state index is 0.121. The van der Waals surface area contributed by atoms with Gasteiger partial charge in [-0.1, -0.05) is 149 Å². The molecule has 0 radical (unpaired) electrons. The second kappa shape index (κ2) is 13.3. The summed E-state index contributed by atoms with van der Waals surface area (Å²) in [4.78, 5) is 15.2. The molecule has 4 nitrogen and oxygen atoms in total. The molecule has 0 fully saturated rings. The van der Waals surface area contributed by atoms with Crippen LogP contribution in [0.15, 0.2) is 170 Å². The highest BCUT2D eigenvalue weighted by atomic mass is 15.0. The van der Waals surface area contributed by atoms with Crippen LogP contribution in [0.3, 0.4) is 0 Å². The molecule has 0 saturated heterocycles. The SMILES string of the molecule is CC1(C)CCC(C)(C)c2cc3c(cc21)c1ccccc1n3-c1ccc2cc(-c3nc(-c4ccccc4)nc(-c4ccc5cc(-c6ccccc6)ccc5c4)n3)ccc2c1. The first-order valence-electron chi connectivity index (χ1n) is 20.7. The van der Waals surface area contributed by atoms with Gasteiger partial charge in [0.05, 0.1) is 11.0 Å². The van der Waals surface area contributed by atoms with Gasteiger partial charge in [-0.25, -0.2) is 15.0 Å². The van der Waals surface area contributed by atoms with E-state index in [4.69, 9.17) is 15.0 Å². The fourth-order valence-electron chi connectivity index (χ4n) is 9.36. The molecule has 59 heavy (non-hydrogen) atoms. The Kier molecular flexibility index (Phi) is 7.96. The van der Waals surface area contributed by atoms with Gasteiger partial charge in [-0.2, -0.15) is 0 Å². The Hall–Kier alpha value is -6.91. The highest BCUT2D eigenvalue weighted by Crippen LogP contribution is 2.48. The molecule has 4 heteroatoms. The van der Waals surface area contributed by atoms with Crippen LogP contribution < -0.4 is 0 Å². The van der Waals surface area contributed by atoms with Gasteiger partial charge in [0.15, 0.2) is 17.5 Å². The summed E-state index contributed by atoms with van der Waals surface area (Å²) in [6, 6.07) is 61.1. The van der Waals surface area contributed by atoms with E-state index in [1.807, 2.05) is 18.2 Å². The van der Waals surface area contributed by atoms with E-state index in [2.05, 4.69) is 184 Å². The zero-order valence-electron chi connectivity index (χ0n) is 33.9. The van der Waals surface area contributed by atoms with Crippen molar-refractivity contribution < 1.29 is 0 Å². The molecule has 2 heterocycles. The van der Waals surface area contributed by atoms with Crippen LogP contribution in [-0.2, 0) is 10.8 Å². The monoisotopic (exact) mass is 760 g/mol. The van der Waals surface area contributed by atoms with Crippen LogP contribution in [0.2, 0.25) is 0 Å². The van der Waals surface area contributed by atoms with Crippen LogP contribution in [0.5, 0.6) is 0 Å². The van der Waals surface area contributed by atoms with E-state index in [-0.39, 0.29) is 10.8 Å². The predicted molar refractivity (Wildman–Crippen MR) is 246 cm³/mol. The standard InChI is InChI=1S/C55H44N4/c1-54(2)27-28-55(3,4)48-34-50-46(33-47(48)54)45-17-11-12-18-49(45)59(50)44-26-25-40-31-43(24-22-41(40)32-44)53-57-51(36-15-9-6-10-16-36)56-52(58-53)42-23-21-38-29-37(19-20-39(38)30-42)35-13-7-5-8-14-35/h5-26,29-34H,27-28H2,1-4H3. The molecule has 1 aliphatic carbocycles. The van der Waals surface area contributed by atoms with Crippen LogP contribution in [0.25, 0.3) is 94.3 Å². The van der Waals surface area contributed by atoms with E-state index < -0.39 is 0 Å². The molecule has 0 atom stereocenters. The first-order chi connectivity index (χ1) is 28.7. The molecule has 0 bridgehead atoms. The number of aromatic nitrogens is 4. The van der Waals surface area contributed by atoms with Crippen LogP contribution in [-0.4, -0.2) is 19.5 Å². The van der Waals surface area contributed by atoms with Gasteiger partial charge in [0, 0.05) is 33.2 Å². The fourth-order valence-corrected chi connectivity index (χ4v) is 9.36. The van der Waals surface area contributed by atoms with Crippen LogP contribution in [0, 0.1) is 0 Å². The van der Waals surface area contributed by atoms with Gasteiger partial charge in [0.1, 0.15) is 0 Å². The molecule has 284 valence electrons. The first kappa shape index (κ1) is 35.3. The van der Waals surface area contributed by atoms with Gasteiger partial charge in [-0.05, 0) is 116 Å². The largest absolute Gasteiger partial charge is 0.309 e. The van der Waals surface area contributed by atoms with E-state index in [1.165, 1.54) is 67.7 Å². The van der Waals surface area contributed by atoms with Crippen molar-refractivity contribution in [3.63, 3.8) is 0 Å². The van der Waals surface area contributed by atoms with E-state index >= 15 is 0 Å². The van der Waals surface area contributed by atoms with Crippen molar-refractivity contribution in [1.82, 2.24) is 19.5 Å². The molecule has 0 aliphatic heterocycles. The summed E-state index contributed by atoms with van der Waals surface area (Å²) in [6.45, 7) is 9.65. The van der Waals surface area contributed by atoms with Crippen LogP contribution in [0.1, 0.15) is 51.7 Å². The Bertz CT molecular complexity index is 3270. The Labute approximate surface area is 344 Å². The number of nitrogens with zero attached hydrogens (tertiary/aromatic N) is 4. The van der Waals surface area contributed by atoms with Crippen molar-refractivity contribution in [2.75, 3.05) is 0 Å². The highest BCUT2D eigenvalue weighted by Gasteiger charge is 2.38. The maximum atomic E-state index is 5.14. The number of hydrogen-bond donors (Lipinski definition) is 0. The predicted octanol–water partition coefficient (Wildman–Crippen LogP) is 14.3. The third-order valence-electron chi connectivity index (χ3n) is 12.9. The van der Waals surface area contributed by atoms with E-state index in [1.54, 1.807) is 0 Å². The highest BCUT2D eigenvalue weighted by molar-refractivity contribution is 6.10.